The first-order valence-corrected chi connectivity index (χ1v) is 6.26. The topological polar surface area (TPSA) is 47.3 Å². The number of nitrogens with two attached hydrogens (primary N) is 1. The van der Waals surface area contributed by atoms with Gasteiger partial charge in [0.15, 0.2) is 0 Å². The molecule has 1 saturated carbocycles. The Hall–Kier alpha value is -1.59. The molecule has 1 aliphatic rings. The van der Waals surface area contributed by atoms with Gasteiger partial charge in [0.25, 0.3) is 0 Å². The Morgan fingerprint density at radius 1 is 1.37 bits per heavy atom. The van der Waals surface area contributed by atoms with Crippen LogP contribution in [0.5, 0.6) is 5.75 Å². The van der Waals surface area contributed by atoms with Crippen molar-refractivity contribution in [2.45, 2.75) is 37.9 Å². The highest BCUT2D eigenvalue weighted by atomic mass is 19.4. The van der Waals surface area contributed by atoms with E-state index in [2.05, 4.69) is 5.32 Å². The molecule has 0 atom stereocenters. The summed E-state index contributed by atoms with van der Waals surface area (Å²) in [5.41, 5.74) is 4.54. The lowest BCUT2D eigenvalue weighted by molar-refractivity contribution is -0.151. The zero-order valence-electron chi connectivity index (χ0n) is 10.7. The van der Waals surface area contributed by atoms with Crippen molar-refractivity contribution in [3.63, 3.8) is 0 Å². The number of hydrogen-bond donors (Lipinski definition) is 2. The minimum Gasteiger partial charge on any atom is -0.491 e. The van der Waals surface area contributed by atoms with E-state index in [0.29, 0.717) is 12.4 Å². The van der Waals surface area contributed by atoms with Gasteiger partial charge in [0, 0.05) is 0 Å². The van der Waals surface area contributed by atoms with Crippen molar-refractivity contribution in [3.05, 3.63) is 18.2 Å². The Labute approximate surface area is 109 Å². The summed E-state index contributed by atoms with van der Waals surface area (Å²) < 4.78 is 44.0. The number of nitrogens with one attached hydrogen (secondary N) is 1. The minimum absolute atomic E-state index is 0.0793. The van der Waals surface area contributed by atoms with E-state index in [-0.39, 0.29) is 24.2 Å². The van der Waals surface area contributed by atoms with Gasteiger partial charge < -0.3 is 15.8 Å². The number of halogens is 3. The fraction of sp³-hybridized carbons (Fsp3) is 0.538. The van der Waals surface area contributed by atoms with Crippen molar-refractivity contribution in [3.8, 4) is 5.75 Å². The van der Waals surface area contributed by atoms with E-state index < -0.39 is 11.7 Å². The van der Waals surface area contributed by atoms with Gasteiger partial charge in [-0.05, 0) is 31.4 Å². The molecule has 0 unspecified atom stereocenters. The SMILES string of the molecule is CCCOc1cccc(NC2(C(F)(F)F)CC2)c1N. The first kappa shape index (κ1) is 13.8. The molecule has 1 aromatic rings. The van der Waals surface area contributed by atoms with Crippen LogP contribution in [0.3, 0.4) is 0 Å². The summed E-state index contributed by atoms with van der Waals surface area (Å²) >= 11 is 0. The molecule has 0 radical (unpaired) electrons. The predicted octanol–water partition coefficient (Wildman–Crippen LogP) is 3.56. The molecule has 0 heterocycles. The van der Waals surface area contributed by atoms with Crippen molar-refractivity contribution < 1.29 is 17.9 Å². The average molecular weight is 274 g/mol. The van der Waals surface area contributed by atoms with E-state index in [0.717, 1.165) is 6.42 Å². The monoisotopic (exact) mass is 274 g/mol. The van der Waals surface area contributed by atoms with E-state index >= 15 is 0 Å². The molecule has 1 aromatic carbocycles. The third-order valence-electron chi connectivity index (χ3n) is 3.19. The summed E-state index contributed by atoms with van der Waals surface area (Å²) in [6.07, 6.45) is -3.30. The Morgan fingerprint density at radius 3 is 2.58 bits per heavy atom. The number of hydrogen-bond acceptors (Lipinski definition) is 3. The van der Waals surface area contributed by atoms with Crippen LogP contribution in [0.2, 0.25) is 0 Å². The summed E-state index contributed by atoms with van der Waals surface area (Å²) in [6.45, 7) is 2.43. The minimum atomic E-state index is -4.26. The van der Waals surface area contributed by atoms with Gasteiger partial charge >= 0.3 is 6.18 Å². The lowest BCUT2D eigenvalue weighted by atomic mass is 10.2. The van der Waals surface area contributed by atoms with Gasteiger partial charge in [-0.25, -0.2) is 0 Å². The summed E-state index contributed by atoms with van der Waals surface area (Å²) in [5, 5.41) is 2.52. The van der Waals surface area contributed by atoms with Gasteiger partial charge in [-0.15, -0.1) is 0 Å². The molecule has 2 rings (SSSR count). The predicted molar refractivity (Wildman–Crippen MR) is 68.3 cm³/mol. The Morgan fingerprint density at radius 2 is 2.05 bits per heavy atom. The van der Waals surface area contributed by atoms with Crippen molar-refractivity contribution >= 4 is 11.4 Å². The van der Waals surface area contributed by atoms with Crippen molar-refractivity contribution in [1.82, 2.24) is 0 Å². The van der Waals surface area contributed by atoms with Gasteiger partial charge in [-0.1, -0.05) is 13.0 Å². The molecule has 0 amide bonds. The standard InChI is InChI=1S/C13H17F3N2O/c1-2-8-19-10-5-3-4-9(11(10)17)18-12(6-7-12)13(14,15)16/h3-5,18H,2,6-8,17H2,1H3. The molecule has 106 valence electrons. The Kier molecular flexibility index (Phi) is 3.52. The fourth-order valence-corrected chi connectivity index (χ4v) is 1.85. The maximum Gasteiger partial charge on any atom is 0.411 e. The highest BCUT2D eigenvalue weighted by molar-refractivity contribution is 5.74. The first-order chi connectivity index (χ1) is 8.89. The summed E-state index contributed by atoms with van der Waals surface area (Å²) in [5.74, 6) is 0.421. The molecular formula is C13H17F3N2O. The quantitative estimate of drug-likeness (QED) is 0.807. The number of nitrogen functional groups attached to an aromatic ring is 1. The maximum absolute atomic E-state index is 12.9. The molecule has 19 heavy (non-hydrogen) atoms. The Bertz CT molecular complexity index is 456. The number of ether oxygens (including phenoxy) is 1. The molecule has 0 aliphatic heterocycles. The summed E-state index contributed by atoms with van der Waals surface area (Å²) in [7, 11) is 0. The van der Waals surface area contributed by atoms with Crippen molar-refractivity contribution in [2.75, 3.05) is 17.7 Å². The zero-order valence-corrected chi connectivity index (χ0v) is 10.7. The molecule has 0 saturated heterocycles. The number of para-hydroxylation sites is 1. The van der Waals surface area contributed by atoms with E-state index in [1.54, 1.807) is 18.2 Å². The second-order valence-corrected chi connectivity index (χ2v) is 4.77. The smallest absolute Gasteiger partial charge is 0.411 e. The number of benzene rings is 1. The van der Waals surface area contributed by atoms with Crippen molar-refractivity contribution in [2.24, 2.45) is 0 Å². The molecule has 0 aromatic heterocycles. The fourth-order valence-electron chi connectivity index (χ4n) is 1.85. The van der Waals surface area contributed by atoms with E-state index in [4.69, 9.17) is 10.5 Å². The van der Waals surface area contributed by atoms with Crippen molar-refractivity contribution in [1.29, 1.82) is 0 Å². The molecule has 0 spiro atoms. The van der Waals surface area contributed by atoms with E-state index in [1.165, 1.54) is 0 Å². The van der Waals surface area contributed by atoms with Gasteiger partial charge in [-0.3, -0.25) is 0 Å². The zero-order chi connectivity index (χ0) is 14.1. The largest absolute Gasteiger partial charge is 0.491 e. The summed E-state index contributed by atoms with van der Waals surface area (Å²) in [6, 6.07) is 4.83. The number of anilines is 2. The van der Waals surface area contributed by atoms with E-state index in [1.807, 2.05) is 6.92 Å². The van der Waals surface area contributed by atoms with Crippen LogP contribution in [-0.2, 0) is 0 Å². The number of rotatable bonds is 5. The van der Waals surface area contributed by atoms with Crippen LogP contribution in [0.25, 0.3) is 0 Å². The Balaban J connectivity index is 2.17. The van der Waals surface area contributed by atoms with Crippen LogP contribution >= 0.6 is 0 Å². The molecule has 3 nitrogen and oxygen atoms in total. The van der Waals surface area contributed by atoms with Crippen LogP contribution in [0.1, 0.15) is 26.2 Å². The third-order valence-corrected chi connectivity index (χ3v) is 3.19. The molecule has 0 bridgehead atoms. The average Bonchev–Trinajstić information content (AvgIpc) is 3.11. The third kappa shape index (κ3) is 2.72. The molecule has 1 fully saturated rings. The van der Waals surface area contributed by atoms with E-state index in [9.17, 15) is 13.2 Å². The van der Waals surface area contributed by atoms with Crippen LogP contribution < -0.4 is 15.8 Å². The number of alkyl halides is 3. The highest BCUT2D eigenvalue weighted by Gasteiger charge is 2.63. The maximum atomic E-state index is 12.9. The van der Waals surface area contributed by atoms with Gasteiger partial charge in [0.1, 0.15) is 11.3 Å². The molecule has 3 N–H and O–H groups in total. The second-order valence-electron chi connectivity index (χ2n) is 4.77. The van der Waals surface area contributed by atoms with Crippen LogP contribution in [-0.4, -0.2) is 18.3 Å². The highest BCUT2D eigenvalue weighted by Crippen LogP contribution is 2.52. The lowest BCUT2D eigenvalue weighted by Gasteiger charge is -2.23. The summed E-state index contributed by atoms with van der Waals surface area (Å²) in [4.78, 5) is 0. The second kappa shape index (κ2) is 4.83. The molecule has 6 heteroatoms. The van der Waals surface area contributed by atoms with Crippen LogP contribution in [0.15, 0.2) is 18.2 Å². The van der Waals surface area contributed by atoms with Gasteiger partial charge in [-0.2, -0.15) is 13.2 Å². The van der Waals surface area contributed by atoms with Crippen LogP contribution in [0, 0.1) is 0 Å². The normalized spacial score (nSPS) is 17.1. The van der Waals surface area contributed by atoms with Gasteiger partial charge in [0.2, 0.25) is 0 Å². The molecular weight excluding hydrogens is 257 g/mol. The van der Waals surface area contributed by atoms with Gasteiger partial charge in [0.05, 0.1) is 18.0 Å². The van der Waals surface area contributed by atoms with Crippen LogP contribution in [0.4, 0.5) is 24.5 Å². The lowest BCUT2D eigenvalue weighted by Crippen LogP contribution is -2.38. The molecule has 1 aliphatic carbocycles. The first-order valence-electron chi connectivity index (χ1n) is 6.26.